The maximum absolute atomic E-state index is 11.1. The number of nitrogens with zero attached hydrogens (tertiary/aromatic N) is 1. The fourth-order valence-electron chi connectivity index (χ4n) is 7.53. The Bertz CT molecular complexity index is 1820. The predicted molar refractivity (Wildman–Crippen MR) is 167 cm³/mol. The molecule has 0 amide bonds. The van der Waals surface area contributed by atoms with Gasteiger partial charge in [0.25, 0.3) is 0 Å². The zero-order valence-corrected chi connectivity index (χ0v) is 25.5. The Kier molecular flexibility index (Phi) is 6.39. The first-order chi connectivity index (χ1) is 21.5. The molecule has 2 N–H and O–H groups in total. The Labute approximate surface area is 257 Å². The van der Waals surface area contributed by atoms with E-state index < -0.39 is 0 Å². The second kappa shape index (κ2) is 10.4. The molecule has 0 saturated heterocycles. The van der Waals surface area contributed by atoms with E-state index in [1.807, 2.05) is 12.1 Å². The fraction of sp³-hybridized carbons (Fsp3) is 0.333. The molecule has 0 aromatic heterocycles. The van der Waals surface area contributed by atoms with Gasteiger partial charge in [0.05, 0.1) is 21.3 Å². The molecule has 7 bridgehead atoms. The summed E-state index contributed by atoms with van der Waals surface area (Å²) in [5.74, 6) is 4.84. The summed E-state index contributed by atoms with van der Waals surface area (Å²) in [6.45, 7) is 1.70. The number of phenolic OH excluding ortho intramolecular Hbond substituents is 1. The largest absolute Gasteiger partial charge is 0.507 e. The molecule has 8 nitrogen and oxygen atoms in total. The molecule has 2 atom stereocenters. The topological polar surface area (TPSA) is 81.7 Å². The van der Waals surface area contributed by atoms with Crippen LogP contribution in [0.5, 0.6) is 46.0 Å². The molecule has 0 spiro atoms. The molecular formula is C36H36N2O6. The van der Waals surface area contributed by atoms with Gasteiger partial charge in [-0.1, -0.05) is 12.1 Å². The van der Waals surface area contributed by atoms with Gasteiger partial charge in [0.2, 0.25) is 11.5 Å². The standard InChI is InChI=1S/C36H36N2O6/c1-38-12-10-22-32-27(38)16-20-6-8-29(40-2)25(14-20)24-13-19(5-7-28(24)39)15-26-23-18-31-30(17-21(23)9-11-37-26)44-36(34(32)43-31)35(42-4)33(22)41-3/h5-8,13-14,17-18,26-27,37,39H,9-12,15-16H2,1-4H3/t26?,27-/m0/s1. The van der Waals surface area contributed by atoms with Crippen molar-refractivity contribution in [1.82, 2.24) is 10.2 Å². The second-order valence-corrected chi connectivity index (χ2v) is 12.1. The Morgan fingerprint density at radius 2 is 1.57 bits per heavy atom. The number of likely N-dealkylation sites (N-methyl/N-ethyl adjacent to an activating group) is 1. The van der Waals surface area contributed by atoms with Crippen LogP contribution >= 0.6 is 0 Å². The number of fused-ring (bicyclic) bond motifs is 5. The van der Waals surface area contributed by atoms with E-state index in [0.29, 0.717) is 40.9 Å². The number of phenols is 1. The molecule has 44 heavy (non-hydrogen) atoms. The van der Waals surface area contributed by atoms with Crippen LogP contribution in [0, 0.1) is 0 Å². The summed E-state index contributed by atoms with van der Waals surface area (Å²) in [4.78, 5) is 2.37. The zero-order chi connectivity index (χ0) is 30.1. The van der Waals surface area contributed by atoms with Crippen molar-refractivity contribution in [2.75, 3.05) is 41.5 Å². The summed E-state index contributed by atoms with van der Waals surface area (Å²) < 4.78 is 31.4. The number of hydrogen-bond donors (Lipinski definition) is 2. The third-order valence-electron chi connectivity index (χ3n) is 9.72. The summed E-state index contributed by atoms with van der Waals surface area (Å²) >= 11 is 0. The van der Waals surface area contributed by atoms with Crippen molar-refractivity contribution < 1.29 is 28.8 Å². The first-order valence-corrected chi connectivity index (χ1v) is 15.2. The van der Waals surface area contributed by atoms with Crippen molar-refractivity contribution in [3.8, 4) is 57.1 Å². The smallest absolute Gasteiger partial charge is 0.216 e. The summed E-state index contributed by atoms with van der Waals surface area (Å²) in [5, 5.41) is 14.8. The van der Waals surface area contributed by atoms with Gasteiger partial charge in [-0.15, -0.1) is 0 Å². The Morgan fingerprint density at radius 1 is 0.818 bits per heavy atom. The van der Waals surface area contributed by atoms with Crippen molar-refractivity contribution >= 4 is 0 Å². The van der Waals surface area contributed by atoms with Crippen molar-refractivity contribution in [3.05, 3.63) is 81.9 Å². The highest BCUT2D eigenvalue weighted by Crippen LogP contribution is 2.60. The first kappa shape index (κ1) is 27.2. The highest BCUT2D eigenvalue weighted by molar-refractivity contribution is 5.77. The lowest BCUT2D eigenvalue weighted by molar-refractivity contribution is 0.215. The molecule has 1 unspecified atom stereocenters. The molecule has 0 aliphatic carbocycles. The molecule has 4 aliphatic heterocycles. The third-order valence-corrected chi connectivity index (χ3v) is 9.72. The quantitative estimate of drug-likeness (QED) is 0.246. The monoisotopic (exact) mass is 592 g/mol. The van der Waals surface area contributed by atoms with Crippen molar-refractivity contribution in [2.24, 2.45) is 0 Å². The van der Waals surface area contributed by atoms with Crippen LogP contribution in [-0.2, 0) is 25.7 Å². The number of ether oxygens (including phenoxy) is 5. The molecule has 8 heteroatoms. The van der Waals surface area contributed by atoms with Crippen molar-refractivity contribution in [3.63, 3.8) is 0 Å². The minimum atomic E-state index is -0.0291. The van der Waals surface area contributed by atoms with E-state index in [9.17, 15) is 5.11 Å². The van der Waals surface area contributed by atoms with Gasteiger partial charge >= 0.3 is 0 Å². The van der Waals surface area contributed by atoms with Crippen LogP contribution in [0.25, 0.3) is 11.1 Å². The van der Waals surface area contributed by atoms with E-state index in [-0.39, 0.29) is 17.8 Å². The lowest BCUT2D eigenvalue weighted by atomic mass is 9.85. The minimum absolute atomic E-state index is 0.0291. The van der Waals surface area contributed by atoms with Crippen LogP contribution in [0.3, 0.4) is 0 Å². The molecule has 0 fully saturated rings. The van der Waals surface area contributed by atoms with Gasteiger partial charge in [-0.3, -0.25) is 4.90 Å². The predicted octanol–water partition coefficient (Wildman–Crippen LogP) is 6.50. The summed E-state index contributed by atoms with van der Waals surface area (Å²) in [5.41, 5.74) is 8.44. The molecule has 226 valence electrons. The summed E-state index contributed by atoms with van der Waals surface area (Å²) in [7, 11) is 7.17. The van der Waals surface area contributed by atoms with E-state index in [1.54, 1.807) is 27.4 Å². The average molecular weight is 593 g/mol. The first-order valence-electron chi connectivity index (χ1n) is 15.2. The number of nitrogens with one attached hydrogen (secondary N) is 1. The van der Waals surface area contributed by atoms with Gasteiger partial charge in [-0.05, 0) is 97.9 Å². The number of aromatic hydroxyl groups is 1. The Hall–Kier alpha value is -4.40. The van der Waals surface area contributed by atoms with E-state index >= 15 is 0 Å². The number of methoxy groups -OCH3 is 3. The third kappa shape index (κ3) is 4.12. The molecule has 0 saturated carbocycles. The zero-order valence-electron chi connectivity index (χ0n) is 25.5. The van der Waals surface area contributed by atoms with Gasteiger partial charge in [-0.25, -0.2) is 0 Å². The number of rotatable bonds is 3. The highest BCUT2D eigenvalue weighted by Gasteiger charge is 2.39. The molecule has 0 radical (unpaired) electrons. The summed E-state index contributed by atoms with van der Waals surface area (Å²) in [6.07, 6.45) is 3.13. The van der Waals surface area contributed by atoms with Crippen LogP contribution in [0.1, 0.15) is 45.5 Å². The van der Waals surface area contributed by atoms with Gasteiger partial charge in [-0.2, -0.15) is 0 Å². The number of benzene rings is 4. The molecular weight excluding hydrogens is 556 g/mol. The highest BCUT2D eigenvalue weighted by atomic mass is 16.6. The maximum atomic E-state index is 11.1. The fourth-order valence-corrected chi connectivity index (χ4v) is 7.53. The van der Waals surface area contributed by atoms with E-state index in [1.165, 1.54) is 11.1 Å². The lowest BCUT2D eigenvalue weighted by Crippen LogP contribution is -2.34. The molecule has 4 aliphatic rings. The second-order valence-electron chi connectivity index (χ2n) is 12.1. The van der Waals surface area contributed by atoms with E-state index in [4.69, 9.17) is 23.7 Å². The van der Waals surface area contributed by atoms with Gasteiger partial charge in [0.1, 0.15) is 11.5 Å². The van der Waals surface area contributed by atoms with Gasteiger partial charge in [0, 0.05) is 40.9 Å². The Morgan fingerprint density at radius 3 is 2.39 bits per heavy atom. The normalized spacial score (nSPS) is 19.5. The van der Waals surface area contributed by atoms with Gasteiger partial charge in [0.15, 0.2) is 23.0 Å². The van der Waals surface area contributed by atoms with Crippen molar-refractivity contribution in [1.29, 1.82) is 0 Å². The van der Waals surface area contributed by atoms with E-state index in [0.717, 1.165) is 71.5 Å². The Balaban J connectivity index is 1.41. The van der Waals surface area contributed by atoms with Crippen molar-refractivity contribution in [2.45, 2.75) is 37.8 Å². The molecule has 4 heterocycles. The van der Waals surface area contributed by atoms with Crippen LogP contribution in [0.15, 0.2) is 48.5 Å². The van der Waals surface area contributed by atoms with E-state index in [2.05, 4.69) is 47.6 Å². The number of hydrogen-bond acceptors (Lipinski definition) is 8. The van der Waals surface area contributed by atoms with Gasteiger partial charge < -0.3 is 34.1 Å². The summed E-state index contributed by atoms with van der Waals surface area (Å²) in [6, 6.07) is 16.5. The average Bonchev–Trinajstić information content (AvgIpc) is 3.04. The molecule has 8 rings (SSSR count). The maximum Gasteiger partial charge on any atom is 0.216 e. The van der Waals surface area contributed by atoms with Crippen LogP contribution in [-0.4, -0.2) is 51.5 Å². The molecule has 4 aromatic rings. The molecule has 4 aromatic carbocycles. The van der Waals surface area contributed by atoms with Crippen LogP contribution < -0.4 is 29.0 Å². The van der Waals surface area contributed by atoms with Crippen LogP contribution in [0.4, 0.5) is 0 Å². The minimum Gasteiger partial charge on any atom is -0.507 e. The van der Waals surface area contributed by atoms with Crippen LogP contribution in [0.2, 0.25) is 0 Å². The lowest BCUT2D eigenvalue weighted by Gasteiger charge is -2.39. The SMILES string of the molecule is COc1ccc2cc1-c1cc(ccc1O)CC1NCCc3cc4c(cc31)Oc1c(c(OC)c(OC)c3c1[C@H](C2)N(C)CC3)O4.